The van der Waals surface area contributed by atoms with Crippen molar-refractivity contribution in [2.45, 2.75) is 0 Å². The molecule has 0 aliphatic carbocycles. The summed E-state index contributed by atoms with van der Waals surface area (Å²) in [5, 5.41) is 0. The van der Waals surface area contributed by atoms with Crippen LogP contribution in [0.15, 0.2) is 60.7 Å². The zero-order valence-electron chi connectivity index (χ0n) is 13.0. The molecule has 0 radical (unpaired) electrons. The summed E-state index contributed by atoms with van der Waals surface area (Å²) in [6, 6.07) is 19.0. The van der Waals surface area contributed by atoms with E-state index in [4.69, 9.17) is 0 Å². The second-order valence-corrected chi connectivity index (χ2v) is 6.71. The van der Waals surface area contributed by atoms with E-state index >= 15 is 0 Å². The zero-order valence-corrected chi connectivity index (χ0v) is 14.8. The molecule has 1 heterocycles. The summed E-state index contributed by atoms with van der Waals surface area (Å²) in [4.78, 5) is 21.7. The molecule has 0 spiro atoms. The molecule has 5 heteroatoms. The first-order valence-electron chi connectivity index (χ1n) is 7.66. The van der Waals surface area contributed by atoms with E-state index in [9.17, 15) is 9.59 Å². The van der Waals surface area contributed by atoms with Gasteiger partial charge in [-0.1, -0.05) is 0 Å². The molecular formula is C20H12N2O2Se. The summed E-state index contributed by atoms with van der Waals surface area (Å²) in [7, 11) is 0. The Labute approximate surface area is 150 Å². The number of nitrogens with zero attached hydrogens (tertiary/aromatic N) is 2. The van der Waals surface area contributed by atoms with Crippen LogP contribution in [0.4, 0.5) is 0 Å². The van der Waals surface area contributed by atoms with Gasteiger partial charge < -0.3 is 0 Å². The van der Waals surface area contributed by atoms with E-state index in [1.165, 1.54) is 0 Å². The normalized spacial score (nSPS) is 10.7. The molecule has 0 saturated carbocycles. The number of rotatable bonds is 4. The van der Waals surface area contributed by atoms with Gasteiger partial charge in [0.15, 0.2) is 0 Å². The Kier molecular flexibility index (Phi) is 4.10. The van der Waals surface area contributed by atoms with E-state index in [0.29, 0.717) is 11.1 Å². The summed E-state index contributed by atoms with van der Waals surface area (Å²) < 4.78 is 9.22. The number of aromatic nitrogens is 2. The Morgan fingerprint density at radius 1 is 0.600 bits per heavy atom. The number of fused-ring (bicyclic) bond motifs is 1. The standard InChI is InChI=1S/C20H12N2O2Se/c23-11-13-1-5-15(6-2-13)17-9-10-18(20-19(17)21-25-22-20)16-7-3-14(12-24)4-8-16/h1-12H. The fourth-order valence-electron chi connectivity index (χ4n) is 2.81. The van der Waals surface area contributed by atoms with Gasteiger partial charge in [0.25, 0.3) is 0 Å². The fraction of sp³-hybridized carbons (Fsp3) is 0. The number of hydrogen-bond donors (Lipinski definition) is 0. The van der Waals surface area contributed by atoms with Crippen molar-refractivity contribution >= 4 is 38.6 Å². The second kappa shape index (κ2) is 6.55. The van der Waals surface area contributed by atoms with Crippen molar-refractivity contribution in [1.82, 2.24) is 7.96 Å². The van der Waals surface area contributed by atoms with Gasteiger partial charge in [-0.3, -0.25) is 0 Å². The van der Waals surface area contributed by atoms with Crippen LogP contribution in [-0.4, -0.2) is 35.5 Å². The van der Waals surface area contributed by atoms with E-state index in [-0.39, 0.29) is 15.0 Å². The Morgan fingerprint density at radius 2 is 1.00 bits per heavy atom. The zero-order chi connectivity index (χ0) is 17.2. The Hall–Kier alpha value is -2.88. The predicted molar refractivity (Wildman–Crippen MR) is 98.1 cm³/mol. The first-order valence-corrected chi connectivity index (χ1v) is 9.20. The molecule has 0 unspecified atom stereocenters. The monoisotopic (exact) mass is 392 g/mol. The van der Waals surface area contributed by atoms with Gasteiger partial charge in [0.1, 0.15) is 0 Å². The van der Waals surface area contributed by atoms with Gasteiger partial charge in [0.2, 0.25) is 0 Å². The third-order valence-corrected chi connectivity index (χ3v) is 5.24. The van der Waals surface area contributed by atoms with Crippen molar-refractivity contribution in [3.63, 3.8) is 0 Å². The first-order chi connectivity index (χ1) is 12.3. The van der Waals surface area contributed by atoms with Crippen LogP contribution in [0.1, 0.15) is 20.7 Å². The molecule has 4 aromatic rings. The van der Waals surface area contributed by atoms with Gasteiger partial charge >= 0.3 is 150 Å². The van der Waals surface area contributed by atoms with Crippen molar-refractivity contribution in [2.75, 3.05) is 0 Å². The van der Waals surface area contributed by atoms with Crippen LogP contribution < -0.4 is 0 Å². The Bertz CT molecular complexity index is 982. The number of hydrogen-bond acceptors (Lipinski definition) is 4. The van der Waals surface area contributed by atoms with Crippen LogP contribution in [0, 0.1) is 0 Å². The van der Waals surface area contributed by atoms with Crippen LogP contribution in [0.2, 0.25) is 0 Å². The quantitative estimate of drug-likeness (QED) is 0.394. The molecule has 0 amide bonds. The molecule has 0 aliphatic heterocycles. The summed E-state index contributed by atoms with van der Waals surface area (Å²) >= 11 is -0.154. The molecule has 0 aliphatic rings. The summed E-state index contributed by atoms with van der Waals surface area (Å²) in [6.45, 7) is 0. The molecule has 0 bridgehead atoms. The molecule has 0 saturated heterocycles. The molecular weight excluding hydrogens is 379 g/mol. The van der Waals surface area contributed by atoms with Crippen molar-refractivity contribution in [2.24, 2.45) is 0 Å². The van der Waals surface area contributed by atoms with Crippen molar-refractivity contribution in [3.8, 4) is 22.3 Å². The number of benzene rings is 3. The maximum absolute atomic E-state index is 10.8. The minimum atomic E-state index is -0.154. The number of aldehydes is 2. The van der Waals surface area contributed by atoms with E-state index in [1.807, 2.05) is 36.4 Å². The number of carbonyl (C=O) groups excluding carboxylic acids is 2. The molecule has 120 valence electrons. The van der Waals surface area contributed by atoms with Crippen LogP contribution in [0.5, 0.6) is 0 Å². The molecule has 4 nitrogen and oxygen atoms in total. The number of carbonyl (C=O) groups is 2. The van der Waals surface area contributed by atoms with Gasteiger partial charge in [-0.05, 0) is 0 Å². The minimum absolute atomic E-state index is 0.154. The Balaban J connectivity index is 1.85. The molecule has 0 fully saturated rings. The predicted octanol–water partition coefficient (Wildman–Crippen LogP) is 3.65. The van der Waals surface area contributed by atoms with Gasteiger partial charge in [0.05, 0.1) is 0 Å². The molecule has 0 atom stereocenters. The fourth-order valence-corrected chi connectivity index (χ4v) is 4.02. The van der Waals surface area contributed by atoms with E-state index in [1.54, 1.807) is 24.3 Å². The van der Waals surface area contributed by atoms with Gasteiger partial charge in [-0.2, -0.15) is 0 Å². The summed E-state index contributed by atoms with van der Waals surface area (Å²) in [6.07, 6.45) is 1.67. The van der Waals surface area contributed by atoms with Gasteiger partial charge in [-0.15, -0.1) is 0 Å². The van der Waals surface area contributed by atoms with Crippen LogP contribution in [-0.2, 0) is 0 Å². The SMILES string of the molecule is O=Cc1ccc(-c2ccc(-c3ccc(C=O)cc3)c3n[se]nc23)cc1. The van der Waals surface area contributed by atoms with Crippen LogP contribution >= 0.6 is 0 Å². The van der Waals surface area contributed by atoms with Crippen molar-refractivity contribution in [3.05, 3.63) is 71.8 Å². The van der Waals surface area contributed by atoms with Gasteiger partial charge in [0, 0.05) is 0 Å². The second-order valence-electron chi connectivity index (χ2n) is 5.60. The maximum atomic E-state index is 10.8. The molecule has 4 rings (SSSR count). The average Bonchev–Trinajstić information content (AvgIpc) is 3.17. The molecule has 1 aromatic heterocycles. The summed E-state index contributed by atoms with van der Waals surface area (Å²) in [5.41, 5.74) is 7.17. The molecule has 3 aromatic carbocycles. The third-order valence-electron chi connectivity index (χ3n) is 4.13. The topological polar surface area (TPSA) is 59.9 Å². The van der Waals surface area contributed by atoms with Crippen molar-refractivity contribution in [1.29, 1.82) is 0 Å². The third kappa shape index (κ3) is 2.84. The molecule has 25 heavy (non-hydrogen) atoms. The van der Waals surface area contributed by atoms with E-state index in [0.717, 1.165) is 45.9 Å². The first kappa shape index (κ1) is 15.6. The van der Waals surface area contributed by atoms with Crippen molar-refractivity contribution < 1.29 is 9.59 Å². The van der Waals surface area contributed by atoms with Gasteiger partial charge in [-0.25, -0.2) is 0 Å². The Morgan fingerprint density at radius 3 is 1.36 bits per heavy atom. The summed E-state index contributed by atoms with van der Waals surface area (Å²) in [5.74, 6) is 0. The average molecular weight is 391 g/mol. The molecule has 0 N–H and O–H groups in total. The van der Waals surface area contributed by atoms with Crippen LogP contribution in [0.3, 0.4) is 0 Å². The van der Waals surface area contributed by atoms with Crippen LogP contribution in [0.25, 0.3) is 33.3 Å². The van der Waals surface area contributed by atoms with E-state index < -0.39 is 0 Å². The van der Waals surface area contributed by atoms with E-state index in [2.05, 4.69) is 7.96 Å².